The first kappa shape index (κ1) is 15.7. The van der Waals surface area contributed by atoms with Crippen molar-refractivity contribution in [1.29, 1.82) is 0 Å². The van der Waals surface area contributed by atoms with Gasteiger partial charge in [0.1, 0.15) is 0 Å². The zero-order chi connectivity index (χ0) is 15.5. The first-order valence-electron chi connectivity index (χ1n) is 6.90. The highest BCUT2D eigenvalue weighted by Crippen LogP contribution is 2.17. The van der Waals surface area contributed by atoms with E-state index in [-0.39, 0.29) is 35.9 Å². The quantitative estimate of drug-likeness (QED) is 0.814. The number of hydrogen-bond acceptors (Lipinski definition) is 6. The van der Waals surface area contributed by atoms with Crippen molar-refractivity contribution in [2.45, 2.75) is 32.7 Å². The lowest BCUT2D eigenvalue weighted by atomic mass is 10.1. The summed E-state index contributed by atoms with van der Waals surface area (Å²) in [4.78, 5) is 15.8. The van der Waals surface area contributed by atoms with E-state index in [2.05, 4.69) is 20.8 Å². The Kier molecular flexibility index (Phi) is 4.81. The fourth-order valence-electron chi connectivity index (χ4n) is 2.07. The van der Waals surface area contributed by atoms with Crippen LogP contribution in [0.15, 0.2) is 4.52 Å². The molecule has 0 aromatic carbocycles. The van der Waals surface area contributed by atoms with Gasteiger partial charge in [-0.3, -0.25) is 0 Å². The van der Waals surface area contributed by atoms with Crippen molar-refractivity contribution in [3.8, 4) is 0 Å². The van der Waals surface area contributed by atoms with Crippen LogP contribution in [0.3, 0.4) is 0 Å². The number of hydrogen-bond donors (Lipinski definition) is 2. The van der Waals surface area contributed by atoms with Crippen molar-refractivity contribution >= 4 is 15.9 Å². The lowest BCUT2D eigenvalue weighted by Crippen LogP contribution is -2.38. The molecule has 2 N–H and O–H groups in total. The monoisotopic (exact) mass is 316 g/mol. The number of carbonyl (C=O) groups excluding carboxylic acids is 1. The summed E-state index contributed by atoms with van der Waals surface area (Å²) in [6.45, 7) is 4.40. The maximum atomic E-state index is 11.6. The molecule has 0 spiro atoms. The zero-order valence-corrected chi connectivity index (χ0v) is 12.9. The third-order valence-electron chi connectivity index (χ3n) is 3.26. The number of carbonyl (C=O) groups is 1. The van der Waals surface area contributed by atoms with Gasteiger partial charge < -0.3 is 15.2 Å². The molecule has 118 valence electrons. The smallest absolute Gasteiger partial charge is 0.315 e. The van der Waals surface area contributed by atoms with Crippen LogP contribution in [0.2, 0.25) is 0 Å². The molecule has 1 aromatic rings. The number of sulfone groups is 1. The fraction of sp³-hybridized carbons (Fsp3) is 0.750. The average Bonchev–Trinajstić information content (AvgIpc) is 3.00. The topological polar surface area (TPSA) is 114 Å². The zero-order valence-electron chi connectivity index (χ0n) is 12.1. The van der Waals surface area contributed by atoms with E-state index in [9.17, 15) is 13.2 Å². The van der Waals surface area contributed by atoms with E-state index in [0.717, 1.165) is 0 Å². The standard InChI is InChI=1S/C12H20N4O4S/c1-8(2)11-15-10(16-20-11)6-14-12(17)13-5-9-3-4-21(18,19)7-9/h8-9H,3-7H2,1-2H3,(H2,13,14,17). The van der Waals surface area contributed by atoms with Gasteiger partial charge in [0.2, 0.25) is 5.89 Å². The molecule has 1 aliphatic rings. The molecule has 0 radical (unpaired) electrons. The Morgan fingerprint density at radius 2 is 2.19 bits per heavy atom. The van der Waals surface area contributed by atoms with Gasteiger partial charge >= 0.3 is 6.03 Å². The summed E-state index contributed by atoms with van der Waals surface area (Å²) >= 11 is 0. The molecule has 2 amide bonds. The molecule has 8 nitrogen and oxygen atoms in total. The Morgan fingerprint density at radius 3 is 2.76 bits per heavy atom. The molecule has 2 heterocycles. The van der Waals surface area contributed by atoms with Gasteiger partial charge in [0.15, 0.2) is 15.7 Å². The molecule has 0 aliphatic carbocycles. The predicted octanol–water partition coefficient (Wildman–Crippen LogP) is 0.427. The normalized spacial score (nSPS) is 20.6. The first-order valence-corrected chi connectivity index (χ1v) is 8.72. The van der Waals surface area contributed by atoms with Crippen molar-refractivity contribution < 1.29 is 17.7 Å². The van der Waals surface area contributed by atoms with Crippen LogP contribution in [-0.2, 0) is 16.4 Å². The molecule has 1 aromatic heterocycles. The van der Waals surface area contributed by atoms with Crippen LogP contribution in [0, 0.1) is 5.92 Å². The van der Waals surface area contributed by atoms with Gasteiger partial charge in [-0.2, -0.15) is 4.98 Å². The van der Waals surface area contributed by atoms with Gasteiger partial charge in [-0.25, -0.2) is 13.2 Å². The molecule has 1 unspecified atom stereocenters. The predicted molar refractivity (Wildman–Crippen MR) is 75.4 cm³/mol. The van der Waals surface area contributed by atoms with E-state index < -0.39 is 9.84 Å². The Bertz CT molecular complexity index is 596. The molecular weight excluding hydrogens is 296 g/mol. The number of amides is 2. The summed E-state index contributed by atoms with van der Waals surface area (Å²) < 4.78 is 27.6. The minimum Gasteiger partial charge on any atom is -0.339 e. The highest BCUT2D eigenvalue weighted by atomic mass is 32.2. The SMILES string of the molecule is CC(C)c1nc(CNC(=O)NCC2CCS(=O)(=O)C2)no1. The molecular formula is C12H20N4O4S. The highest BCUT2D eigenvalue weighted by molar-refractivity contribution is 7.91. The maximum Gasteiger partial charge on any atom is 0.315 e. The van der Waals surface area contributed by atoms with Crippen molar-refractivity contribution in [3.05, 3.63) is 11.7 Å². The Morgan fingerprint density at radius 1 is 1.43 bits per heavy atom. The first-order chi connectivity index (χ1) is 9.85. The van der Waals surface area contributed by atoms with Gasteiger partial charge in [0, 0.05) is 12.5 Å². The highest BCUT2D eigenvalue weighted by Gasteiger charge is 2.27. The molecule has 21 heavy (non-hydrogen) atoms. The fourth-order valence-corrected chi connectivity index (χ4v) is 3.93. The summed E-state index contributed by atoms with van der Waals surface area (Å²) in [7, 11) is -2.91. The summed E-state index contributed by atoms with van der Waals surface area (Å²) in [6, 6.07) is -0.366. The molecule has 1 saturated heterocycles. The molecule has 0 bridgehead atoms. The van der Waals surface area contributed by atoms with Crippen molar-refractivity contribution in [3.63, 3.8) is 0 Å². The minimum absolute atomic E-state index is 0.00142. The molecule has 0 saturated carbocycles. The largest absolute Gasteiger partial charge is 0.339 e. The maximum absolute atomic E-state index is 11.6. The summed E-state index contributed by atoms with van der Waals surface area (Å²) in [5.41, 5.74) is 0. The molecule has 1 atom stereocenters. The van der Waals surface area contributed by atoms with Crippen LogP contribution >= 0.6 is 0 Å². The van der Waals surface area contributed by atoms with Crippen LogP contribution in [0.5, 0.6) is 0 Å². The minimum atomic E-state index is -2.91. The van der Waals surface area contributed by atoms with E-state index in [1.54, 1.807) is 0 Å². The summed E-state index contributed by atoms with van der Waals surface area (Å²) in [6.07, 6.45) is 0.602. The third-order valence-corrected chi connectivity index (χ3v) is 5.10. The Hall–Kier alpha value is -1.64. The number of urea groups is 1. The van der Waals surface area contributed by atoms with E-state index >= 15 is 0 Å². The van der Waals surface area contributed by atoms with Crippen molar-refractivity contribution in [1.82, 2.24) is 20.8 Å². The van der Waals surface area contributed by atoms with E-state index in [0.29, 0.717) is 24.7 Å². The van der Waals surface area contributed by atoms with Gasteiger partial charge in [0.05, 0.1) is 18.1 Å². The molecule has 9 heteroatoms. The number of nitrogens with one attached hydrogen (secondary N) is 2. The van der Waals surface area contributed by atoms with Crippen LogP contribution in [-0.4, -0.2) is 42.6 Å². The van der Waals surface area contributed by atoms with Crippen molar-refractivity contribution in [2.75, 3.05) is 18.1 Å². The van der Waals surface area contributed by atoms with Gasteiger partial charge in [0.25, 0.3) is 0 Å². The summed E-state index contributed by atoms with van der Waals surface area (Å²) in [5, 5.41) is 9.03. The Balaban J connectivity index is 1.70. The lowest BCUT2D eigenvalue weighted by molar-refractivity contribution is 0.238. The van der Waals surface area contributed by atoms with Gasteiger partial charge in [-0.1, -0.05) is 19.0 Å². The van der Waals surface area contributed by atoms with Gasteiger partial charge in [-0.05, 0) is 12.3 Å². The molecule has 2 rings (SSSR count). The number of nitrogens with zero attached hydrogens (tertiary/aromatic N) is 2. The van der Waals surface area contributed by atoms with E-state index in [1.165, 1.54) is 0 Å². The number of aromatic nitrogens is 2. The molecule has 1 fully saturated rings. The number of rotatable bonds is 5. The average molecular weight is 316 g/mol. The summed E-state index contributed by atoms with van der Waals surface area (Å²) in [5.74, 6) is 1.45. The van der Waals surface area contributed by atoms with E-state index in [4.69, 9.17) is 4.52 Å². The molecule has 1 aliphatic heterocycles. The second-order valence-electron chi connectivity index (χ2n) is 5.54. The second-order valence-corrected chi connectivity index (χ2v) is 7.76. The van der Waals surface area contributed by atoms with Gasteiger partial charge in [-0.15, -0.1) is 0 Å². The van der Waals surface area contributed by atoms with E-state index in [1.807, 2.05) is 13.8 Å². The van der Waals surface area contributed by atoms with Crippen LogP contribution in [0.1, 0.15) is 37.9 Å². The Labute approximate surface area is 123 Å². The van der Waals surface area contributed by atoms with Crippen molar-refractivity contribution in [2.24, 2.45) is 5.92 Å². The third kappa shape index (κ3) is 4.69. The second kappa shape index (κ2) is 6.42. The van der Waals surface area contributed by atoms with Crippen LogP contribution in [0.4, 0.5) is 4.79 Å². The van der Waals surface area contributed by atoms with Crippen LogP contribution in [0.25, 0.3) is 0 Å². The van der Waals surface area contributed by atoms with Crippen LogP contribution < -0.4 is 10.6 Å². The lowest BCUT2D eigenvalue weighted by Gasteiger charge is -2.09.